The van der Waals surface area contributed by atoms with Crippen LogP contribution in [0.2, 0.25) is 0 Å². The second kappa shape index (κ2) is 6.23. The highest BCUT2D eigenvalue weighted by molar-refractivity contribution is 5.91. The Hall–Kier alpha value is -2.64. The highest BCUT2D eigenvalue weighted by Crippen LogP contribution is 2.19. The summed E-state index contributed by atoms with van der Waals surface area (Å²) in [4.78, 5) is 27.1. The Balaban J connectivity index is 1.68. The van der Waals surface area contributed by atoms with Gasteiger partial charge in [0.15, 0.2) is 0 Å². The van der Waals surface area contributed by atoms with Gasteiger partial charge < -0.3 is 19.2 Å². The molecule has 0 radical (unpaired) electrons. The monoisotopic (exact) mass is 316 g/mol. The van der Waals surface area contributed by atoms with Crippen molar-refractivity contribution in [2.75, 3.05) is 50.1 Å². The van der Waals surface area contributed by atoms with Gasteiger partial charge in [-0.1, -0.05) is 5.16 Å². The molecule has 0 saturated carbocycles. The molecule has 2 aromatic rings. The molecule has 1 aliphatic rings. The van der Waals surface area contributed by atoms with E-state index in [1.165, 1.54) is 6.20 Å². The predicted molar refractivity (Wildman–Crippen MR) is 85.7 cm³/mol. The Kier molecular flexibility index (Phi) is 4.14. The summed E-state index contributed by atoms with van der Waals surface area (Å²) < 4.78 is 4.94. The standard InChI is InChI=1S/C15H20N6O2/c1-11-17-13(19(2)3)10-14(18-11)20-6-8-21(9-7-20)15(22)12-4-5-16-23-12/h4-5,10H,6-9H2,1-3H3. The van der Waals surface area contributed by atoms with E-state index in [9.17, 15) is 4.79 Å². The van der Waals surface area contributed by atoms with Crippen molar-refractivity contribution >= 4 is 17.5 Å². The molecule has 8 heteroatoms. The molecular formula is C15H20N6O2. The summed E-state index contributed by atoms with van der Waals surface area (Å²) in [7, 11) is 3.92. The molecule has 0 unspecified atom stereocenters. The molecule has 0 N–H and O–H groups in total. The fourth-order valence-corrected chi connectivity index (χ4v) is 2.55. The third kappa shape index (κ3) is 3.25. The molecule has 23 heavy (non-hydrogen) atoms. The number of aromatic nitrogens is 3. The van der Waals surface area contributed by atoms with Gasteiger partial charge in [-0.3, -0.25) is 4.79 Å². The highest BCUT2D eigenvalue weighted by Gasteiger charge is 2.25. The topological polar surface area (TPSA) is 78.6 Å². The lowest BCUT2D eigenvalue weighted by Gasteiger charge is -2.35. The third-order valence-corrected chi connectivity index (χ3v) is 3.81. The van der Waals surface area contributed by atoms with Crippen molar-refractivity contribution < 1.29 is 9.32 Å². The van der Waals surface area contributed by atoms with Gasteiger partial charge in [-0.05, 0) is 6.92 Å². The van der Waals surface area contributed by atoms with Crippen LogP contribution in [-0.4, -0.2) is 66.2 Å². The summed E-state index contributed by atoms with van der Waals surface area (Å²) in [5.74, 6) is 2.69. The molecule has 3 rings (SSSR count). The van der Waals surface area contributed by atoms with Crippen molar-refractivity contribution in [1.29, 1.82) is 0 Å². The van der Waals surface area contributed by atoms with E-state index in [1.807, 2.05) is 32.0 Å². The molecule has 122 valence electrons. The molecule has 0 aromatic carbocycles. The van der Waals surface area contributed by atoms with E-state index >= 15 is 0 Å². The second-order valence-electron chi connectivity index (χ2n) is 5.68. The molecule has 1 fully saturated rings. The maximum atomic E-state index is 12.2. The van der Waals surface area contributed by atoms with E-state index in [0.29, 0.717) is 13.1 Å². The maximum Gasteiger partial charge on any atom is 0.292 e. The van der Waals surface area contributed by atoms with E-state index in [2.05, 4.69) is 20.0 Å². The van der Waals surface area contributed by atoms with Gasteiger partial charge in [0.2, 0.25) is 5.76 Å². The van der Waals surface area contributed by atoms with E-state index in [0.717, 1.165) is 30.5 Å². The Labute approximate surface area is 134 Å². The summed E-state index contributed by atoms with van der Waals surface area (Å²) in [5, 5.41) is 3.58. The fraction of sp³-hybridized carbons (Fsp3) is 0.467. The SMILES string of the molecule is Cc1nc(N(C)C)cc(N2CCN(C(=O)c3ccno3)CC2)n1. The zero-order chi connectivity index (χ0) is 16.4. The molecule has 8 nitrogen and oxygen atoms in total. The number of piperazine rings is 1. The Bertz CT molecular complexity index is 677. The Morgan fingerprint density at radius 2 is 1.96 bits per heavy atom. The zero-order valence-corrected chi connectivity index (χ0v) is 13.6. The number of hydrogen-bond donors (Lipinski definition) is 0. The Morgan fingerprint density at radius 1 is 1.22 bits per heavy atom. The van der Waals surface area contributed by atoms with Crippen molar-refractivity contribution in [3.8, 4) is 0 Å². The predicted octanol–water partition coefficient (Wildman–Crippen LogP) is 0.801. The number of rotatable bonds is 3. The van der Waals surface area contributed by atoms with E-state index < -0.39 is 0 Å². The summed E-state index contributed by atoms with van der Waals surface area (Å²) in [5.41, 5.74) is 0. The number of anilines is 2. The first kappa shape index (κ1) is 15.3. The molecule has 1 amide bonds. The van der Waals surface area contributed by atoms with Crippen LogP contribution in [0.5, 0.6) is 0 Å². The van der Waals surface area contributed by atoms with Gasteiger partial charge in [-0.15, -0.1) is 0 Å². The lowest BCUT2D eigenvalue weighted by molar-refractivity contribution is 0.0704. The van der Waals surface area contributed by atoms with Crippen LogP contribution in [0.15, 0.2) is 22.9 Å². The fourth-order valence-electron chi connectivity index (χ4n) is 2.55. The van der Waals surface area contributed by atoms with Gasteiger partial charge in [0.1, 0.15) is 17.5 Å². The zero-order valence-electron chi connectivity index (χ0n) is 13.6. The molecule has 3 heterocycles. The van der Waals surface area contributed by atoms with E-state index in [1.54, 1.807) is 11.0 Å². The van der Waals surface area contributed by atoms with Crippen LogP contribution < -0.4 is 9.80 Å². The number of aryl methyl sites for hydroxylation is 1. The van der Waals surface area contributed by atoms with Crippen LogP contribution in [0.25, 0.3) is 0 Å². The van der Waals surface area contributed by atoms with Gasteiger partial charge in [0, 0.05) is 52.4 Å². The van der Waals surface area contributed by atoms with Crippen molar-refractivity contribution in [3.05, 3.63) is 29.9 Å². The molecule has 1 saturated heterocycles. The molecular weight excluding hydrogens is 296 g/mol. The van der Waals surface area contributed by atoms with Crippen LogP contribution in [0.1, 0.15) is 16.4 Å². The van der Waals surface area contributed by atoms with Crippen LogP contribution in [0.4, 0.5) is 11.6 Å². The van der Waals surface area contributed by atoms with Gasteiger partial charge in [0.05, 0.1) is 6.20 Å². The third-order valence-electron chi connectivity index (χ3n) is 3.81. The number of nitrogens with zero attached hydrogens (tertiary/aromatic N) is 6. The minimum atomic E-state index is -0.116. The summed E-state index contributed by atoms with van der Waals surface area (Å²) >= 11 is 0. The number of amides is 1. The minimum Gasteiger partial charge on any atom is -0.363 e. The van der Waals surface area contributed by atoms with Gasteiger partial charge in [0.25, 0.3) is 5.91 Å². The van der Waals surface area contributed by atoms with Crippen molar-refractivity contribution in [2.24, 2.45) is 0 Å². The van der Waals surface area contributed by atoms with Gasteiger partial charge in [-0.25, -0.2) is 9.97 Å². The van der Waals surface area contributed by atoms with Crippen LogP contribution in [-0.2, 0) is 0 Å². The van der Waals surface area contributed by atoms with Crippen LogP contribution in [0, 0.1) is 6.92 Å². The number of carbonyl (C=O) groups is 1. The highest BCUT2D eigenvalue weighted by atomic mass is 16.5. The quantitative estimate of drug-likeness (QED) is 0.828. The van der Waals surface area contributed by atoms with E-state index in [4.69, 9.17) is 4.52 Å². The molecule has 0 bridgehead atoms. The smallest absolute Gasteiger partial charge is 0.292 e. The Morgan fingerprint density at radius 3 is 2.57 bits per heavy atom. The summed E-state index contributed by atoms with van der Waals surface area (Å²) in [6, 6.07) is 3.56. The first-order chi connectivity index (χ1) is 11.0. The molecule has 0 spiro atoms. The normalized spacial score (nSPS) is 14.9. The molecule has 0 aliphatic carbocycles. The van der Waals surface area contributed by atoms with E-state index in [-0.39, 0.29) is 11.7 Å². The molecule has 0 atom stereocenters. The minimum absolute atomic E-state index is 0.116. The summed E-state index contributed by atoms with van der Waals surface area (Å²) in [6.45, 7) is 4.59. The lowest BCUT2D eigenvalue weighted by atomic mass is 10.2. The second-order valence-corrected chi connectivity index (χ2v) is 5.68. The van der Waals surface area contributed by atoms with Gasteiger partial charge in [-0.2, -0.15) is 0 Å². The van der Waals surface area contributed by atoms with Gasteiger partial charge >= 0.3 is 0 Å². The first-order valence-corrected chi connectivity index (χ1v) is 7.52. The van der Waals surface area contributed by atoms with Crippen LogP contribution >= 0.6 is 0 Å². The molecule has 2 aromatic heterocycles. The average molecular weight is 316 g/mol. The maximum absolute atomic E-state index is 12.2. The van der Waals surface area contributed by atoms with Crippen molar-refractivity contribution in [2.45, 2.75) is 6.92 Å². The van der Waals surface area contributed by atoms with Crippen molar-refractivity contribution in [1.82, 2.24) is 20.0 Å². The van der Waals surface area contributed by atoms with Crippen LogP contribution in [0.3, 0.4) is 0 Å². The summed E-state index contributed by atoms with van der Waals surface area (Å²) in [6.07, 6.45) is 1.48. The number of hydrogen-bond acceptors (Lipinski definition) is 7. The largest absolute Gasteiger partial charge is 0.363 e. The lowest BCUT2D eigenvalue weighted by Crippen LogP contribution is -2.49. The number of carbonyl (C=O) groups excluding carboxylic acids is 1. The van der Waals surface area contributed by atoms with Crippen molar-refractivity contribution in [3.63, 3.8) is 0 Å². The average Bonchev–Trinajstić information content (AvgIpc) is 3.08. The molecule has 1 aliphatic heterocycles. The first-order valence-electron chi connectivity index (χ1n) is 7.52.